The number of rotatable bonds is 5. The van der Waals surface area contributed by atoms with Crippen LogP contribution in [-0.4, -0.2) is 0 Å². The van der Waals surface area contributed by atoms with Gasteiger partial charge in [0.2, 0.25) is 0 Å². The highest BCUT2D eigenvalue weighted by atomic mass is 15.1. The van der Waals surface area contributed by atoms with E-state index in [9.17, 15) is 0 Å². The first-order valence-corrected chi connectivity index (χ1v) is 24.2. The molecule has 1 spiro atoms. The molecule has 1 nitrogen and oxygen atoms in total. The molecule has 0 fully saturated rings. The highest BCUT2D eigenvalue weighted by Gasteiger charge is 2.52. The second-order valence-electron chi connectivity index (χ2n) is 20.3. The third kappa shape index (κ3) is 5.11. The molecule has 10 aromatic rings. The van der Waals surface area contributed by atoms with Crippen molar-refractivity contribution < 1.29 is 0 Å². The summed E-state index contributed by atoms with van der Waals surface area (Å²) in [5.41, 5.74) is 29.0. The second-order valence-corrected chi connectivity index (χ2v) is 20.3. The number of fused-ring (bicyclic) bond motifs is 16. The van der Waals surface area contributed by atoms with Crippen LogP contribution in [0.5, 0.6) is 0 Å². The van der Waals surface area contributed by atoms with Crippen LogP contribution in [0.1, 0.15) is 72.2 Å². The third-order valence-corrected chi connectivity index (χ3v) is 16.3. The summed E-state index contributed by atoms with van der Waals surface area (Å²) >= 11 is 0. The Morgan fingerprint density at radius 1 is 0.265 bits per heavy atom. The molecule has 0 heterocycles. The van der Waals surface area contributed by atoms with Crippen molar-refractivity contribution in [3.8, 4) is 66.8 Å². The Labute approximate surface area is 399 Å². The molecule has 0 saturated carbocycles. The first-order valence-electron chi connectivity index (χ1n) is 24.2. The number of hydrogen-bond acceptors (Lipinski definition) is 1. The molecule has 0 radical (unpaired) electrons. The van der Waals surface area contributed by atoms with E-state index in [1.165, 1.54) is 111 Å². The lowest BCUT2D eigenvalue weighted by Crippen LogP contribution is -2.25. The topological polar surface area (TPSA) is 3.24 Å². The molecule has 4 aliphatic carbocycles. The quantitative estimate of drug-likeness (QED) is 0.167. The summed E-state index contributed by atoms with van der Waals surface area (Å²) in [4.78, 5) is 2.56. The molecular weight excluding hydrogens is 819 g/mol. The van der Waals surface area contributed by atoms with Crippen LogP contribution in [0.15, 0.2) is 224 Å². The van der Waals surface area contributed by atoms with Crippen molar-refractivity contribution in [2.24, 2.45) is 0 Å². The molecule has 0 amide bonds. The average Bonchev–Trinajstić information content (AvgIpc) is 4.02. The molecular formula is C67H49N. The molecule has 4 aliphatic rings. The first kappa shape index (κ1) is 39.2. The van der Waals surface area contributed by atoms with E-state index in [-0.39, 0.29) is 10.8 Å². The predicted molar refractivity (Wildman–Crippen MR) is 283 cm³/mol. The van der Waals surface area contributed by atoms with Crippen LogP contribution in [-0.2, 0) is 16.2 Å². The zero-order valence-electron chi connectivity index (χ0n) is 38.8. The molecule has 0 aromatic heterocycles. The minimum Gasteiger partial charge on any atom is -0.310 e. The summed E-state index contributed by atoms with van der Waals surface area (Å²) in [6.07, 6.45) is 0. The highest BCUT2D eigenvalue weighted by molar-refractivity contribution is 6.03. The molecule has 10 aromatic carbocycles. The van der Waals surface area contributed by atoms with Gasteiger partial charge in [0.1, 0.15) is 0 Å². The molecule has 322 valence electrons. The number of benzene rings is 10. The van der Waals surface area contributed by atoms with Crippen molar-refractivity contribution in [2.75, 3.05) is 4.90 Å². The summed E-state index contributed by atoms with van der Waals surface area (Å²) in [6.45, 7) is 9.59. The van der Waals surface area contributed by atoms with Gasteiger partial charge < -0.3 is 4.90 Å². The van der Waals surface area contributed by atoms with Crippen LogP contribution in [0.4, 0.5) is 17.1 Å². The Bertz CT molecular complexity index is 3710. The standard InChI is InChI=1S/C67H49N/c1-65(2)55-27-13-8-21-46(55)50-37-34-44(40-61(50)65)68(45-35-38-51-49-36-33-43(42-19-6-5-7-20-42)39-60(49)66(3,4)62(51)41-45)63-32-17-12-24-52(63)53-26-18-31-59-64(53)54-25-11-16-30-58(54)67(59)56-28-14-9-22-47(56)48-23-10-15-29-57(48)67/h5-41H,1-4H3. The van der Waals surface area contributed by atoms with E-state index in [2.05, 4.69) is 257 Å². The van der Waals surface area contributed by atoms with Crippen LogP contribution in [0.2, 0.25) is 0 Å². The van der Waals surface area contributed by atoms with Crippen molar-refractivity contribution in [1.29, 1.82) is 0 Å². The highest BCUT2D eigenvalue weighted by Crippen LogP contribution is 2.64. The zero-order valence-corrected chi connectivity index (χ0v) is 38.8. The number of nitrogens with zero attached hydrogens (tertiary/aromatic N) is 1. The normalized spacial score (nSPS) is 15.1. The van der Waals surface area contributed by atoms with Gasteiger partial charge in [-0.05, 0) is 142 Å². The van der Waals surface area contributed by atoms with Gasteiger partial charge in [-0.15, -0.1) is 0 Å². The van der Waals surface area contributed by atoms with Gasteiger partial charge in [-0.3, -0.25) is 0 Å². The average molecular weight is 868 g/mol. The minimum atomic E-state index is -0.425. The fourth-order valence-electron chi connectivity index (χ4n) is 13.2. The predicted octanol–water partition coefficient (Wildman–Crippen LogP) is 17.4. The Morgan fingerprint density at radius 3 is 1.29 bits per heavy atom. The van der Waals surface area contributed by atoms with E-state index in [0.717, 1.165) is 17.1 Å². The summed E-state index contributed by atoms with van der Waals surface area (Å²) < 4.78 is 0. The van der Waals surface area contributed by atoms with Crippen LogP contribution in [0.3, 0.4) is 0 Å². The number of hydrogen-bond donors (Lipinski definition) is 0. The SMILES string of the molecule is CC1(C)c2ccccc2-c2ccc(N(c3ccc4c(c3)C(C)(C)c3cc(-c5ccccc5)ccc3-4)c3ccccc3-c3cccc4c3-c3ccccc3C43c4ccccc4-c4ccccc43)cc21. The van der Waals surface area contributed by atoms with Gasteiger partial charge in [0, 0.05) is 27.8 Å². The lowest BCUT2D eigenvalue weighted by molar-refractivity contribution is 0.660. The molecule has 0 unspecified atom stereocenters. The fraction of sp³-hybridized carbons (Fsp3) is 0.104. The van der Waals surface area contributed by atoms with Gasteiger partial charge in [-0.2, -0.15) is 0 Å². The Balaban J connectivity index is 0.997. The van der Waals surface area contributed by atoms with Crippen LogP contribution < -0.4 is 4.90 Å². The van der Waals surface area contributed by atoms with Gasteiger partial charge in [0.25, 0.3) is 0 Å². The zero-order chi connectivity index (χ0) is 45.5. The third-order valence-electron chi connectivity index (χ3n) is 16.3. The molecule has 0 N–H and O–H groups in total. The van der Waals surface area contributed by atoms with Gasteiger partial charge in [-0.25, -0.2) is 0 Å². The maximum atomic E-state index is 2.56. The van der Waals surface area contributed by atoms with Crippen LogP contribution >= 0.6 is 0 Å². The second kappa shape index (κ2) is 14.0. The molecule has 0 saturated heterocycles. The molecule has 14 rings (SSSR count). The smallest absolute Gasteiger partial charge is 0.0725 e. The van der Waals surface area contributed by atoms with Crippen LogP contribution in [0, 0.1) is 0 Å². The number of anilines is 3. The van der Waals surface area contributed by atoms with E-state index in [1.54, 1.807) is 0 Å². The van der Waals surface area contributed by atoms with Gasteiger partial charge in [-0.1, -0.05) is 216 Å². The van der Waals surface area contributed by atoms with E-state index in [4.69, 9.17) is 0 Å². The molecule has 0 atom stereocenters. The molecule has 0 bridgehead atoms. The maximum Gasteiger partial charge on any atom is 0.0725 e. The fourth-order valence-corrected chi connectivity index (χ4v) is 13.2. The largest absolute Gasteiger partial charge is 0.310 e. The van der Waals surface area contributed by atoms with Crippen molar-refractivity contribution in [3.63, 3.8) is 0 Å². The van der Waals surface area contributed by atoms with E-state index < -0.39 is 5.41 Å². The van der Waals surface area contributed by atoms with E-state index in [0.29, 0.717) is 0 Å². The van der Waals surface area contributed by atoms with Crippen LogP contribution in [0.25, 0.3) is 66.8 Å². The van der Waals surface area contributed by atoms with E-state index >= 15 is 0 Å². The van der Waals surface area contributed by atoms with Crippen molar-refractivity contribution >= 4 is 17.1 Å². The lowest BCUT2D eigenvalue weighted by atomic mass is 9.70. The summed E-state index contributed by atoms with van der Waals surface area (Å²) in [6, 6.07) is 84.9. The summed E-state index contributed by atoms with van der Waals surface area (Å²) in [5.74, 6) is 0. The Kier molecular flexibility index (Phi) is 8.08. The van der Waals surface area contributed by atoms with E-state index in [1.807, 2.05) is 0 Å². The molecule has 1 heteroatoms. The number of para-hydroxylation sites is 1. The summed E-state index contributed by atoms with van der Waals surface area (Å²) in [7, 11) is 0. The van der Waals surface area contributed by atoms with Crippen molar-refractivity contribution in [1.82, 2.24) is 0 Å². The van der Waals surface area contributed by atoms with Gasteiger partial charge >= 0.3 is 0 Å². The monoisotopic (exact) mass is 867 g/mol. The first-order chi connectivity index (χ1) is 33.3. The Hall–Kier alpha value is -8.00. The Morgan fingerprint density at radius 2 is 0.676 bits per heavy atom. The maximum absolute atomic E-state index is 2.56. The van der Waals surface area contributed by atoms with Crippen molar-refractivity contribution in [2.45, 2.75) is 43.9 Å². The van der Waals surface area contributed by atoms with Crippen molar-refractivity contribution in [3.05, 3.63) is 269 Å². The molecule has 68 heavy (non-hydrogen) atoms. The van der Waals surface area contributed by atoms with Gasteiger partial charge in [0.05, 0.1) is 11.1 Å². The minimum absolute atomic E-state index is 0.155. The lowest BCUT2D eigenvalue weighted by Gasteiger charge is -2.32. The van der Waals surface area contributed by atoms with Gasteiger partial charge in [0.15, 0.2) is 0 Å². The summed E-state index contributed by atoms with van der Waals surface area (Å²) in [5, 5.41) is 0. The molecule has 0 aliphatic heterocycles.